The molecule has 2 atom stereocenters. The molecule has 5 heteroatoms. The van der Waals surface area contributed by atoms with Crippen molar-refractivity contribution in [3.05, 3.63) is 22.4 Å². The predicted molar refractivity (Wildman–Crippen MR) is 65.9 cm³/mol. The van der Waals surface area contributed by atoms with Crippen molar-refractivity contribution in [1.29, 1.82) is 0 Å². The molecule has 1 fully saturated rings. The van der Waals surface area contributed by atoms with Gasteiger partial charge in [0.1, 0.15) is 0 Å². The quantitative estimate of drug-likeness (QED) is 0.807. The predicted octanol–water partition coefficient (Wildman–Crippen LogP) is 1.34. The van der Waals surface area contributed by atoms with Crippen LogP contribution >= 0.6 is 11.3 Å². The maximum atomic E-state index is 11.7. The molecule has 2 heterocycles. The Labute approximate surface area is 105 Å². The normalized spacial score (nSPS) is 23.8. The highest BCUT2D eigenvalue weighted by molar-refractivity contribution is 7.09. The molecule has 2 unspecified atom stereocenters. The summed E-state index contributed by atoms with van der Waals surface area (Å²) in [6.07, 6.45) is 1.95. The Morgan fingerprint density at radius 1 is 1.59 bits per heavy atom. The number of rotatable bonds is 5. The second-order valence-electron chi connectivity index (χ2n) is 4.06. The van der Waals surface area contributed by atoms with Crippen LogP contribution in [-0.2, 0) is 20.7 Å². The van der Waals surface area contributed by atoms with Crippen LogP contribution in [0, 0.1) is 0 Å². The minimum absolute atomic E-state index is 0.0184. The zero-order chi connectivity index (χ0) is 12.1. The Morgan fingerprint density at radius 2 is 2.47 bits per heavy atom. The van der Waals surface area contributed by atoms with Crippen molar-refractivity contribution in [2.75, 3.05) is 13.2 Å². The van der Waals surface area contributed by atoms with Gasteiger partial charge in [0.05, 0.1) is 12.7 Å². The average molecular weight is 255 g/mol. The summed E-state index contributed by atoms with van der Waals surface area (Å²) in [6, 6.07) is 4.03. The number of thiophene rings is 1. The molecule has 0 bridgehead atoms. The molecule has 4 nitrogen and oxygen atoms in total. The second-order valence-corrected chi connectivity index (χ2v) is 5.09. The summed E-state index contributed by atoms with van der Waals surface area (Å²) in [4.78, 5) is 12.9. The molecule has 0 spiro atoms. The first-order chi connectivity index (χ1) is 8.29. The second kappa shape index (κ2) is 6.14. The standard InChI is InChI=1S/C12H17NO3S/c13-8-9-3-4-11(16-9)12(14)15-6-5-10-2-1-7-17-10/h1-2,7,9,11H,3-6,8,13H2. The molecule has 0 aliphatic carbocycles. The molecule has 1 saturated heterocycles. The lowest BCUT2D eigenvalue weighted by Gasteiger charge is -2.11. The van der Waals surface area contributed by atoms with Crippen LogP contribution < -0.4 is 5.73 Å². The van der Waals surface area contributed by atoms with Crippen LogP contribution in [0.5, 0.6) is 0 Å². The summed E-state index contributed by atoms with van der Waals surface area (Å²) >= 11 is 1.67. The Kier molecular flexibility index (Phi) is 4.53. The minimum atomic E-state index is -0.410. The van der Waals surface area contributed by atoms with Gasteiger partial charge in [0.2, 0.25) is 0 Å². The van der Waals surface area contributed by atoms with Crippen LogP contribution in [0.3, 0.4) is 0 Å². The number of carbonyl (C=O) groups is 1. The van der Waals surface area contributed by atoms with Gasteiger partial charge >= 0.3 is 5.97 Å². The van der Waals surface area contributed by atoms with E-state index >= 15 is 0 Å². The Morgan fingerprint density at radius 3 is 3.12 bits per heavy atom. The summed E-state index contributed by atoms with van der Waals surface area (Å²) in [5.74, 6) is -0.252. The highest BCUT2D eigenvalue weighted by atomic mass is 32.1. The molecule has 17 heavy (non-hydrogen) atoms. The van der Waals surface area contributed by atoms with Crippen LogP contribution in [0.25, 0.3) is 0 Å². The van der Waals surface area contributed by atoms with Gasteiger partial charge in [-0.05, 0) is 24.3 Å². The minimum Gasteiger partial charge on any atom is -0.463 e. The fourth-order valence-corrected chi connectivity index (χ4v) is 2.54. The third-order valence-electron chi connectivity index (χ3n) is 2.81. The summed E-state index contributed by atoms with van der Waals surface area (Å²) < 4.78 is 10.7. The summed E-state index contributed by atoms with van der Waals surface area (Å²) in [5, 5.41) is 2.02. The number of esters is 1. The lowest BCUT2D eigenvalue weighted by molar-refractivity contribution is -0.155. The van der Waals surface area contributed by atoms with Gasteiger partial charge in [-0.15, -0.1) is 11.3 Å². The van der Waals surface area contributed by atoms with E-state index in [1.165, 1.54) is 4.88 Å². The molecule has 1 aliphatic rings. The fourth-order valence-electron chi connectivity index (χ4n) is 1.85. The molecule has 0 radical (unpaired) electrons. The van der Waals surface area contributed by atoms with E-state index in [-0.39, 0.29) is 12.1 Å². The van der Waals surface area contributed by atoms with Crippen molar-refractivity contribution in [3.8, 4) is 0 Å². The van der Waals surface area contributed by atoms with Gasteiger partial charge in [-0.2, -0.15) is 0 Å². The first kappa shape index (κ1) is 12.5. The number of carbonyl (C=O) groups excluding carboxylic acids is 1. The van der Waals surface area contributed by atoms with Gasteiger partial charge in [0.25, 0.3) is 0 Å². The van der Waals surface area contributed by atoms with Gasteiger partial charge < -0.3 is 15.2 Å². The lowest BCUT2D eigenvalue weighted by atomic mass is 10.2. The first-order valence-electron chi connectivity index (χ1n) is 5.84. The summed E-state index contributed by atoms with van der Waals surface area (Å²) in [5.41, 5.74) is 5.48. The molecule has 1 aromatic heterocycles. The van der Waals surface area contributed by atoms with Crippen molar-refractivity contribution >= 4 is 17.3 Å². The molecule has 0 aromatic carbocycles. The number of hydrogen-bond acceptors (Lipinski definition) is 5. The highest BCUT2D eigenvalue weighted by Crippen LogP contribution is 2.20. The first-order valence-corrected chi connectivity index (χ1v) is 6.72. The monoisotopic (exact) mass is 255 g/mol. The van der Waals surface area contributed by atoms with Crippen molar-refractivity contribution in [2.24, 2.45) is 5.73 Å². The molecule has 2 rings (SSSR count). The van der Waals surface area contributed by atoms with Crippen LogP contribution in [0.4, 0.5) is 0 Å². The maximum absolute atomic E-state index is 11.7. The molecule has 0 amide bonds. The summed E-state index contributed by atoms with van der Waals surface area (Å²) in [6.45, 7) is 0.894. The van der Waals surface area contributed by atoms with Gasteiger partial charge in [0.15, 0.2) is 6.10 Å². The molecule has 2 N–H and O–H groups in total. The van der Waals surface area contributed by atoms with E-state index < -0.39 is 6.10 Å². The lowest BCUT2D eigenvalue weighted by Crippen LogP contribution is -2.27. The van der Waals surface area contributed by atoms with E-state index in [1.54, 1.807) is 11.3 Å². The van der Waals surface area contributed by atoms with Gasteiger partial charge in [-0.1, -0.05) is 6.07 Å². The van der Waals surface area contributed by atoms with Crippen molar-refractivity contribution in [2.45, 2.75) is 31.5 Å². The van der Waals surface area contributed by atoms with E-state index in [9.17, 15) is 4.79 Å². The number of nitrogens with two attached hydrogens (primary N) is 1. The average Bonchev–Trinajstić information content (AvgIpc) is 2.99. The third-order valence-corrected chi connectivity index (χ3v) is 3.74. The molecule has 94 valence electrons. The van der Waals surface area contributed by atoms with Crippen LogP contribution in [0.2, 0.25) is 0 Å². The van der Waals surface area contributed by atoms with Crippen molar-refractivity contribution in [3.63, 3.8) is 0 Å². The van der Waals surface area contributed by atoms with Gasteiger partial charge in [-0.3, -0.25) is 0 Å². The van der Waals surface area contributed by atoms with Crippen molar-refractivity contribution < 1.29 is 14.3 Å². The summed E-state index contributed by atoms with van der Waals surface area (Å²) in [7, 11) is 0. The van der Waals surface area contributed by atoms with E-state index in [2.05, 4.69) is 0 Å². The zero-order valence-corrected chi connectivity index (χ0v) is 10.4. The SMILES string of the molecule is NCC1CCC(C(=O)OCCc2cccs2)O1. The molecule has 1 aliphatic heterocycles. The Balaban J connectivity index is 1.67. The smallest absolute Gasteiger partial charge is 0.335 e. The molecular formula is C12H17NO3S. The zero-order valence-electron chi connectivity index (χ0n) is 9.63. The highest BCUT2D eigenvalue weighted by Gasteiger charge is 2.30. The molecular weight excluding hydrogens is 238 g/mol. The van der Waals surface area contributed by atoms with Crippen LogP contribution in [-0.4, -0.2) is 31.3 Å². The van der Waals surface area contributed by atoms with Crippen LogP contribution in [0.15, 0.2) is 17.5 Å². The Hall–Kier alpha value is -0.910. The molecule has 0 saturated carbocycles. The fraction of sp³-hybridized carbons (Fsp3) is 0.583. The van der Waals surface area contributed by atoms with E-state index in [0.29, 0.717) is 13.2 Å². The van der Waals surface area contributed by atoms with E-state index in [1.807, 2.05) is 17.5 Å². The maximum Gasteiger partial charge on any atom is 0.335 e. The van der Waals surface area contributed by atoms with Crippen molar-refractivity contribution in [1.82, 2.24) is 0 Å². The number of hydrogen-bond donors (Lipinski definition) is 1. The van der Waals surface area contributed by atoms with Gasteiger partial charge in [-0.25, -0.2) is 4.79 Å². The molecule has 1 aromatic rings. The van der Waals surface area contributed by atoms with Crippen LogP contribution in [0.1, 0.15) is 17.7 Å². The Bertz CT molecular complexity index is 353. The third kappa shape index (κ3) is 3.52. The van der Waals surface area contributed by atoms with E-state index in [4.69, 9.17) is 15.2 Å². The van der Waals surface area contributed by atoms with Gasteiger partial charge in [0, 0.05) is 17.8 Å². The number of ether oxygens (including phenoxy) is 2. The largest absolute Gasteiger partial charge is 0.463 e. The van der Waals surface area contributed by atoms with E-state index in [0.717, 1.165) is 19.3 Å². The topological polar surface area (TPSA) is 61.6 Å².